The average molecular weight is 699 g/mol. The predicted molar refractivity (Wildman–Crippen MR) is 179 cm³/mol. The maximum atomic E-state index is 12.1. The molecule has 0 radical (unpaired) electrons. The van der Waals surface area contributed by atoms with E-state index < -0.39 is 11.0 Å². The Morgan fingerprint density at radius 2 is 1.58 bits per heavy atom. The predicted octanol–water partition coefficient (Wildman–Crippen LogP) is 1.79. The van der Waals surface area contributed by atoms with Crippen molar-refractivity contribution in [2.75, 3.05) is 72.2 Å². The second kappa shape index (κ2) is 21.6. The third-order valence-corrected chi connectivity index (χ3v) is 9.28. The van der Waals surface area contributed by atoms with Gasteiger partial charge in [-0.05, 0) is 32.3 Å². The van der Waals surface area contributed by atoms with Gasteiger partial charge in [0.05, 0.1) is 82.0 Å². The summed E-state index contributed by atoms with van der Waals surface area (Å²) in [6, 6.07) is 2.60. The van der Waals surface area contributed by atoms with Crippen LogP contribution in [-0.4, -0.2) is 112 Å². The lowest BCUT2D eigenvalue weighted by molar-refractivity contribution is -0.385. The number of benzene rings is 1. The first-order chi connectivity index (χ1) is 23.2. The van der Waals surface area contributed by atoms with Crippen LogP contribution in [0.5, 0.6) is 11.5 Å². The highest BCUT2D eigenvalue weighted by atomic mass is 32.2. The molecule has 4 amide bonds. The molecule has 0 aromatic heterocycles. The number of nitro benzene ring substituents is 1. The van der Waals surface area contributed by atoms with E-state index in [1.54, 1.807) is 6.92 Å². The number of unbranched alkanes of at least 4 members (excludes halogenated alkanes) is 1. The third kappa shape index (κ3) is 13.6. The summed E-state index contributed by atoms with van der Waals surface area (Å²) in [7, 11) is 1.44. The van der Waals surface area contributed by atoms with E-state index in [1.165, 1.54) is 19.2 Å². The Balaban J connectivity index is 1.07. The first-order valence-electron chi connectivity index (χ1n) is 16.4. The van der Waals surface area contributed by atoms with Crippen LogP contribution in [0.25, 0.3) is 0 Å². The normalized spacial score (nSPS) is 18.8. The fourth-order valence-electron chi connectivity index (χ4n) is 5.29. The zero-order chi connectivity index (χ0) is 34.7. The Kier molecular flexibility index (Phi) is 17.5. The van der Waals surface area contributed by atoms with E-state index in [2.05, 4.69) is 21.3 Å². The van der Waals surface area contributed by atoms with E-state index >= 15 is 0 Å². The van der Waals surface area contributed by atoms with Crippen LogP contribution in [0.15, 0.2) is 12.1 Å². The number of hydrogen-bond acceptors (Lipinski definition) is 12. The van der Waals surface area contributed by atoms with E-state index in [-0.39, 0.29) is 54.4 Å². The van der Waals surface area contributed by atoms with E-state index in [4.69, 9.17) is 29.4 Å². The average Bonchev–Trinajstić information content (AvgIpc) is 3.62. The number of hydrogen-bond donors (Lipinski definition) is 5. The molecule has 16 nitrogen and oxygen atoms in total. The number of nitro groups is 1. The summed E-state index contributed by atoms with van der Waals surface area (Å²) in [5, 5.41) is 23.4. The van der Waals surface area contributed by atoms with Crippen molar-refractivity contribution in [1.82, 2.24) is 21.3 Å². The van der Waals surface area contributed by atoms with Crippen molar-refractivity contribution in [3.8, 4) is 11.5 Å². The molecule has 1 aromatic rings. The number of rotatable bonds is 25. The number of carbonyl (C=O) groups is 3. The van der Waals surface area contributed by atoms with Crippen LogP contribution in [0, 0.1) is 10.1 Å². The van der Waals surface area contributed by atoms with Gasteiger partial charge in [-0.2, -0.15) is 11.8 Å². The van der Waals surface area contributed by atoms with Gasteiger partial charge >= 0.3 is 6.03 Å². The molecule has 4 atom stereocenters. The van der Waals surface area contributed by atoms with Crippen LogP contribution in [-0.2, 0) is 23.8 Å². The van der Waals surface area contributed by atoms with Gasteiger partial charge in [0, 0.05) is 43.0 Å². The topological polar surface area (TPSA) is 215 Å². The molecule has 48 heavy (non-hydrogen) atoms. The monoisotopic (exact) mass is 698 g/mol. The quantitative estimate of drug-likeness (QED) is 0.0428. The number of urea groups is 1. The molecule has 0 bridgehead atoms. The summed E-state index contributed by atoms with van der Waals surface area (Å²) in [6.45, 7) is 4.95. The Labute approximate surface area is 285 Å². The number of fused-ring (bicyclic) bond motifs is 1. The van der Waals surface area contributed by atoms with Crippen LogP contribution >= 0.6 is 11.8 Å². The molecule has 0 saturated carbocycles. The Hall–Kier alpha value is -3.38. The molecule has 2 heterocycles. The number of amides is 4. The van der Waals surface area contributed by atoms with Gasteiger partial charge in [0.2, 0.25) is 11.8 Å². The minimum Gasteiger partial charge on any atom is -0.493 e. The Morgan fingerprint density at radius 3 is 2.19 bits per heavy atom. The maximum absolute atomic E-state index is 12.1. The number of ether oxygens (including phenoxy) is 5. The van der Waals surface area contributed by atoms with Crippen molar-refractivity contribution in [2.45, 2.75) is 68.8 Å². The standard InChI is InChI=1S/C31H50N6O10S/c1-21(32)22-18-25(43-2)26(19-24(22)37(41)42)47-11-5-8-29(39)34-10-13-45-15-17-46-16-14-44-12-9-33-28(38)7-4-3-6-27-30-23(20-48-27)35-31(40)36-30/h18-19,21,23,27,30H,3-17,20,32H2,1-2H3,(H,33,38)(H,34,39)(H2,35,36,40)/t21?,23-,27-,30-/m0/s1. The molecule has 17 heteroatoms. The number of methoxy groups -OCH3 is 1. The van der Waals surface area contributed by atoms with Crippen LogP contribution in [0.1, 0.15) is 57.1 Å². The van der Waals surface area contributed by atoms with Gasteiger partial charge in [0.1, 0.15) is 0 Å². The van der Waals surface area contributed by atoms with E-state index in [1.807, 2.05) is 11.8 Å². The lowest BCUT2D eigenvalue weighted by Crippen LogP contribution is -2.36. The summed E-state index contributed by atoms with van der Waals surface area (Å²) >= 11 is 1.89. The molecule has 2 saturated heterocycles. The van der Waals surface area contributed by atoms with Gasteiger partial charge in [0.25, 0.3) is 5.69 Å². The number of thioether (sulfide) groups is 1. The van der Waals surface area contributed by atoms with Gasteiger partial charge < -0.3 is 50.7 Å². The zero-order valence-electron chi connectivity index (χ0n) is 27.8. The van der Waals surface area contributed by atoms with Crippen molar-refractivity contribution < 1.29 is 43.0 Å². The van der Waals surface area contributed by atoms with Gasteiger partial charge in [-0.1, -0.05) is 6.42 Å². The highest BCUT2D eigenvalue weighted by Crippen LogP contribution is 2.37. The molecule has 1 unspecified atom stereocenters. The molecule has 2 fully saturated rings. The molecule has 0 aliphatic carbocycles. The van der Waals surface area contributed by atoms with Gasteiger partial charge in [-0.15, -0.1) is 0 Å². The number of nitrogens with two attached hydrogens (primary N) is 1. The summed E-state index contributed by atoms with van der Waals surface area (Å²) < 4.78 is 27.3. The van der Waals surface area contributed by atoms with Gasteiger partial charge in [-0.3, -0.25) is 19.7 Å². The Morgan fingerprint density at radius 1 is 0.958 bits per heavy atom. The Bertz CT molecular complexity index is 1190. The van der Waals surface area contributed by atoms with Crippen molar-refractivity contribution in [3.05, 3.63) is 27.8 Å². The van der Waals surface area contributed by atoms with Crippen LogP contribution in [0.2, 0.25) is 0 Å². The molecule has 3 rings (SSSR count). The van der Waals surface area contributed by atoms with E-state index in [9.17, 15) is 24.5 Å². The van der Waals surface area contributed by atoms with Crippen molar-refractivity contribution >= 4 is 35.3 Å². The second-order valence-electron chi connectivity index (χ2n) is 11.5. The summed E-state index contributed by atoms with van der Waals surface area (Å²) in [6.07, 6.45) is 3.87. The number of nitrogens with one attached hydrogen (secondary N) is 4. The summed E-state index contributed by atoms with van der Waals surface area (Å²) in [5.74, 6) is 1.35. The number of carbonyl (C=O) groups excluding carboxylic acids is 3. The molecular formula is C31H50N6O10S. The SMILES string of the molecule is COc1cc(C(C)N)c([N+](=O)[O-])cc1OCCCC(=O)NCCOCCOCCOCCNC(=O)CCCC[C@@H]1SC[C@@H]2NC(=O)N[C@@H]21. The van der Waals surface area contributed by atoms with E-state index in [0.717, 1.165) is 25.0 Å². The second-order valence-corrected chi connectivity index (χ2v) is 12.7. The molecule has 1 aromatic carbocycles. The zero-order valence-corrected chi connectivity index (χ0v) is 28.6. The minimum atomic E-state index is -0.549. The molecule has 270 valence electrons. The lowest BCUT2D eigenvalue weighted by atomic mass is 10.0. The van der Waals surface area contributed by atoms with Gasteiger partial charge in [0.15, 0.2) is 11.5 Å². The fraction of sp³-hybridized carbons (Fsp3) is 0.710. The fourth-order valence-corrected chi connectivity index (χ4v) is 6.84. The van der Waals surface area contributed by atoms with Crippen LogP contribution in [0.4, 0.5) is 10.5 Å². The molecule has 2 aliphatic rings. The lowest BCUT2D eigenvalue weighted by Gasteiger charge is -2.16. The minimum absolute atomic E-state index is 0.0147. The summed E-state index contributed by atoms with van der Waals surface area (Å²) in [4.78, 5) is 46.5. The van der Waals surface area contributed by atoms with Crippen molar-refractivity contribution in [3.63, 3.8) is 0 Å². The van der Waals surface area contributed by atoms with E-state index in [0.29, 0.717) is 82.1 Å². The smallest absolute Gasteiger partial charge is 0.315 e. The van der Waals surface area contributed by atoms with Crippen molar-refractivity contribution in [1.29, 1.82) is 0 Å². The molecule has 0 spiro atoms. The first kappa shape index (κ1) is 39.1. The highest BCUT2D eigenvalue weighted by molar-refractivity contribution is 8.00. The largest absolute Gasteiger partial charge is 0.493 e. The van der Waals surface area contributed by atoms with Crippen LogP contribution < -0.4 is 36.5 Å². The maximum Gasteiger partial charge on any atom is 0.315 e. The summed E-state index contributed by atoms with van der Waals surface area (Å²) in [5.41, 5.74) is 6.04. The molecule has 6 N–H and O–H groups in total. The highest BCUT2D eigenvalue weighted by Gasteiger charge is 2.42. The van der Waals surface area contributed by atoms with Gasteiger partial charge in [-0.25, -0.2) is 4.79 Å². The van der Waals surface area contributed by atoms with Crippen molar-refractivity contribution in [2.24, 2.45) is 5.73 Å². The molecule has 2 aliphatic heterocycles. The first-order valence-corrected chi connectivity index (χ1v) is 17.4. The third-order valence-electron chi connectivity index (χ3n) is 7.77. The molecular weight excluding hydrogens is 648 g/mol. The van der Waals surface area contributed by atoms with Crippen LogP contribution in [0.3, 0.4) is 0 Å². The number of nitrogens with zero attached hydrogens (tertiary/aromatic N) is 1.